The fourth-order valence-electron chi connectivity index (χ4n) is 4.68. The molecule has 1 aliphatic heterocycles. The summed E-state index contributed by atoms with van der Waals surface area (Å²) in [5.41, 5.74) is -0.562. The first-order valence-corrected chi connectivity index (χ1v) is 13.3. The van der Waals surface area contributed by atoms with E-state index < -0.39 is 36.3 Å². The molecule has 1 saturated heterocycles. The summed E-state index contributed by atoms with van der Waals surface area (Å²) in [7, 11) is 0. The zero-order valence-electron chi connectivity index (χ0n) is 22.7. The van der Waals surface area contributed by atoms with Crippen molar-refractivity contribution in [3.05, 3.63) is 88.5 Å². The van der Waals surface area contributed by atoms with Gasteiger partial charge in [0.05, 0.1) is 26.1 Å². The number of fused-ring (bicyclic) bond motifs is 1. The van der Waals surface area contributed by atoms with Gasteiger partial charge in [-0.15, -0.1) is 0 Å². The monoisotopic (exact) mass is 565 g/mol. The molecule has 4 aromatic rings. The van der Waals surface area contributed by atoms with Gasteiger partial charge in [0.25, 0.3) is 5.56 Å². The number of aromatic nitrogens is 4. The largest absolute Gasteiger partial charge is 0.386 e. The second-order valence-electron chi connectivity index (χ2n) is 10.3. The van der Waals surface area contributed by atoms with Gasteiger partial charge in [-0.05, 0) is 11.1 Å². The number of benzene rings is 2. The topological polar surface area (TPSA) is 141 Å². The number of nitrogens with one attached hydrogen (secondary N) is 2. The number of aromatic amines is 1. The molecular formula is C29H32FN5O6. The molecule has 2 aromatic carbocycles. The number of alkyl halides is 1. The maximum absolute atomic E-state index is 15.0. The summed E-state index contributed by atoms with van der Waals surface area (Å²) in [5, 5.41) is 14.1. The molecule has 12 heteroatoms. The fourth-order valence-corrected chi connectivity index (χ4v) is 4.68. The minimum Gasteiger partial charge on any atom is -0.386 e. The highest BCUT2D eigenvalue weighted by atomic mass is 19.1. The number of carbonyl (C=O) groups excluding carboxylic acids is 1. The molecule has 4 atom stereocenters. The number of rotatable bonds is 11. The molecule has 0 unspecified atom stereocenters. The van der Waals surface area contributed by atoms with E-state index in [4.69, 9.17) is 14.2 Å². The van der Waals surface area contributed by atoms with Gasteiger partial charge in [-0.2, -0.15) is 4.98 Å². The molecule has 0 saturated carbocycles. The van der Waals surface area contributed by atoms with Crippen LogP contribution < -0.4 is 10.9 Å². The van der Waals surface area contributed by atoms with Crippen LogP contribution in [0.3, 0.4) is 0 Å². The van der Waals surface area contributed by atoms with E-state index in [-0.39, 0.29) is 48.8 Å². The lowest BCUT2D eigenvalue weighted by molar-refractivity contribution is -0.164. The molecule has 1 aliphatic rings. The van der Waals surface area contributed by atoms with E-state index in [2.05, 4.69) is 20.3 Å². The van der Waals surface area contributed by atoms with Crippen molar-refractivity contribution in [2.24, 2.45) is 5.92 Å². The van der Waals surface area contributed by atoms with Gasteiger partial charge in [0.2, 0.25) is 11.9 Å². The van der Waals surface area contributed by atoms with Crippen molar-refractivity contribution in [1.29, 1.82) is 0 Å². The molecule has 2 aromatic heterocycles. The number of anilines is 1. The summed E-state index contributed by atoms with van der Waals surface area (Å²) < 4.78 is 34.5. The molecule has 0 bridgehead atoms. The van der Waals surface area contributed by atoms with Crippen molar-refractivity contribution in [1.82, 2.24) is 19.5 Å². The number of nitrogens with zero attached hydrogens (tertiary/aromatic N) is 3. The van der Waals surface area contributed by atoms with E-state index in [1.54, 1.807) is 13.8 Å². The van der Waals surface area contributed by atoms with Crippen molar-refractivity contribution >= 4 is 23.0 Å². The van der Waals surface area contributed by atoms with Crippen LogP contribution in [0.2, 0.25) is 0 Å². The van der Waals surface area contributed by atoms with E-state index in [1.807, 2.05) is 60.7 Å². The molecule has 0 aliphatic carbocycles. The molecule has 1 fully saturated rings. The summed E-state index contributed by atoms with van der Waals surface area (Å²) in [5.74, 6) is -0.795. The predicted octanol–water partition coefficient (Wildman–Crippen LogP) is 3.11. The smallest absolute Gasteiger partial charge is 0.280 e. The number of aliphatic hydroxyl groups excluding tert-OH is 1. The number of hydrogen-bond acceptors (Lipinski definition) is 8. The van der Waals surface area contributed by atoms with E-state index in [0.29, 0.717) is 0 Å². The van der Waals surface area contributed by atoms with Crippen molar-refractivity contribution in [3.63, 3.8) is 0 Å². The quantitative estimate of drug-likeness (QED) is 0.252. The molecule has 41 heavy (non-hydrogen) atoms. The van der Waals surface area contributed by atoms with Gasteiger partial charge in [-0.3, -0.25) is 24.5 Å². The van der Waals surface area contributed by atoms with Crippen LogP contribution in [-0.2, 0) is 32.2 Å². The SMILES string of the molecule is CC(C)C(=O)Nc1nc2c(ncn2[C@@H]2O[C@](CF)(COCc3ccccc3)[C@@H](OCc3ccccc3)[C@H]2O)c(=O)[nH]1. The number of imidazole rings is 1. The molecular weight excluding hydrogens is 533 g/mol. The fraction of sp³-hybridized carbons (Fsp3) is 0.379. The van der Waals surface area contributed by atoms with Crippen LogP contribution in [-0.4, -0.2) is 61.6 Å². The van der Waals surface area contributed by atoms with Crippen LogP contribution >= 0.6 is 0 Å². The van der Waals surface area contributed by atoms with Crippen LogP contribution in [0.5, 0.6) is 0 Å². The number of H-pyrrole nitrogens is 1. The first-order chi connectivity index (χ1) is 19.8. The molecule has 3 N–H and O–H groups in total. The zero-order chi connectivity index (χ0) is 29.0. The zero-order valence-corrected chi connectivity index (χ0v) is 22.7. The number of halogens is 1. The predicted molar refractivity (Wildman–Crippen MR) is 148 cm³/mol. The molecule has 11 nitrogen and oxygen atoms in total. The maximum Gasteiger partial charge on any atom is 0.280 e. The van der Waals surface area contributed by atoms with Crippen LogP contribution in [0, 0.1) is 5.92 Å². The Bertz CT molecular complexity index is 1530. The number of carbonyl (C=O) groups is 1. The molecule has 3 heterocycles. The average Bonchev–Trinajstić information content (AvgIpc) is 3.52. The Labute approximate surface area is 235 Å². The summed E-state index contributed by atoms with van der Waals surface area (Å²) in [6, 6.07) is 18.7. The van der Waals surface area contributed by atoms with Crippen LogP contribution in [0.4, 0.5) is 10.3 Å². The third kappa shape index (κ3) is 6.05. The highest BCUT2D eigenvalue weighted by Crippen LogP contribution is 2.41. The van der Waals surface area contributed by atoms with Crippen molar-refractivity contribution in [3.8, 4) is 0 Å². The minimum absolute atomic E-state index is 0.0387. The van der Waals surface area contributed by atoms with Crippen molar-refractivity contribution in [2.45, 2.75) is 51.1 Å². The van der Waals surface area contributed by atoms with Crippen molar-refractivity contribution < 1.29 is 28.5 Å². The Morgan fingerprint density at radius 1 is 1.15 bits per heavy atom. The van der Waals surface area contributed by atoms with Gasteiger partial charge in [-0.25, -0.2) is 9.37 Å². The van der Waals surface area contributed by atoms with Gasteiger partial charge < -0.3 is 19.3 Å². The van der Waals surface area contributed by atoms with E-state index >= 15 is 0 Å². The second-order valence-corrected chi connectivity index (χ2v) is 10.3. The molecule has 0 radical (unpaired) electrons. The summed E-state index contributed by atoms with van der Waals surface area (Å²) in [4.78, 5) is 35.9. The summed E-state index contributed by atoms with van der Waals surface area (Å²) >= 11 is 0. The van der Waals surface area contributed by atoms with E-state index in [1.165, 1.54) is 10.9 Å². The lowest BCUT2D eigenvalue weighted by Gasteiger charge is -2.31. The van der Waals surface area contributed by atoms with Gasteiger partial charge >= 0.3 is 0 Å². The third-order valence-electron chi connectivity index (χ3n) is 6.91. The van der Waals surface area contributed by atoms with E-state index in [0.717, 1.165) is 11.1 Å². The Kier molecular flexibility index (Phi) is 8.54. The standard InChI is InChI=1S/C29H32FN5O6/c1-18(2)25(37)33-28-32-24-21(26(38)34-28)31-17-35(24)27-22(36)23(40-14-20-11-7-4-8-12-20)29(15-30,41-27)16-39-13-19-9-5-3-6-10-19/h3-12,17-18,22-23,27,36H,13-16H2,1-2H3,(H2,32,33,34,37,38)/t22-,23+,27-,29-/m1/s1. The molecule has 1 amide bonds. The van der Waals surface area contributed by atoms with Crippen LogP contribution in [0.15, 0.2) is 71.8 Å². The van der Waals surface area contributed by atoms with Crippen molar-refractivity contribution in [2.75, 3.05) is 18.6 Å². The van der Waals surface area contributed by atoms with Gasteiger partial charge in [0, 0.05) is 5.92 Å². The normalized spacial score (nSPS) is 22.4. The molecule has 0 spiro atoms. The Morgan fingerprint density at radius 2 is 1.80 bits per heavy atom. The average molecular weight is 566 g/mol. The van der Waals surface area contributed by atoms with Gasteiger partial charge in [0.15, 0.2) is 23.0 Å². The second kappa shape index (κ2) is 12.3. The number of aliphatic hydroxyl groups is 1. The third-order valence-corrected chi connectivity index (χ3v) is 6.91. The Hall–Kier alpha value is -3.97. The highest BCUT2D eigenvalue weighted by molar-refractivity contribution is 5.91. The van der Waals surface area contributed by atoms with Crippen LogP contribution in [0.1, 0.15) is 31.2 Å². The Balaban J connectivity index is 1.46. The van der Waals surface area contributed by atoms with E-state index in [9.17, 15) is 19.1 Å². The minimum atomic E-state index is -1.68. The first-order valence-electron chi connectivity index (χ1n) is 13.3. The lowest BCUT2D eigenvalue weighted by Crippen LogP contribution is -2.50. The highest BCUT2D eigenvalue weighted by Gasteiger charge is 2.57. The lowest BCUT2D eigenvalue weighted by atomic mass is 9.97. The van der Waals surface area contributed by atoms with Crippen LogP contribution in [0.25, 0.3) is 11.2 Å². The number of amides is 1. The Morgan fingerprint density at radius 3 is 2.44 bits per heavy atom. The van der Waals surface area contributed by atoms with Gasteiger partial charge in [0.1, 0.15) is 18.9 Å². The summed E-state index contributed by atoms with van der Waals surface area (Å²) in [6.45, 7) is 2.44. The van der Waals surface area contributed by atoms with Gasteiger partial charge in [-0.1, -0.05) is 74.5 Å². The molecule has 5 rings (SSSR count). The maximum atomic E-state index is 15.0. The number of hydrogen-bond donors (Lipinski definition) is 3. The number of ether oxygens (including phenoxy) is 3. The molecule has 216 valence electrons. The first kappa shape index (κ1) is 28.6. The summed E-state index contributed by atoms with van der Waals surface area (Å²) in [6.07, 6.45) is -2.47.